The van der Waals surface area contributed by atoms with E-state index in [-0.39, 0.29) is 16.3 Å². The van der Waals surface area contributed by atoms with E-state index in [2.05, 4.69) is 11.6 Å². The van der Waals surface area contributed by atoms with E-state index in [0.29, 0.717) is 17.9 Å². The van der Waals surface area contributed by atoms with E-state index in [1.807, 2.05) is 0 Å². The molecule has 2 aromatic carbocycles. The molecule has 8 heteroatoms. The second kappa shape index (κ2) is 8.53. The van der Waals surface area contributed by atoms with Gasteiger partial charge in [-0.15, -0.1) is 11.3 Å². The summed E-state index contributed by atoms with van der Waals surface area (Å²) >= 11 is 1.14. The molecule has 0 saturated carbocycles. The molecule has 0 bridgehead atoms. The van der Waals surface area contributed by atoms with Crippen LogP contribution in [0.25, 0.3) is 5.76 Å². The maximum atomic E-state index is 14.7. The number of rotatable bonds is 6. The largest absolute Gasteiger partial charge is 0.507 e. The molecule has 31 heavy (non-hydrogen) atoms. The Kier molecular flexibility index (Phi) is 5.64. The molecule has 156 valence electrons. The Labute approximate surface area is 181 Å². The third-order valence-corrected chi connectivity index (χ3v) is 5.54. The molecule has 0 aliphatic carbocycles. The number of nitrogens with zero attached hydrogens (tertiary/aromatic N) is 2. The van der Waals surface area contributed by atoms with Gasteiger partial charge in [-0.25, -0.2) is 9.37 Å². The van der Waals surface area contributed by atoms with Crippen molar-refractivity contribution in [2.24, 2.45) is 0 Å². The average Bonchev–Trinajstić information content (AvgIpc) is 3.39. The number of carbonyl (C=O) groups is 2. The Morgan fingerprint density at radius 2 is 1.97 bits per heavy atom. The highest BCUT2D eigenvalue weighted by Crippen LogP contribution is 2.43. The van der Waals surface area contributed by atoms with Crippen LogP contribution in [0.2, 0.25) is 0 Å². The number of aliphatic hydroxyl groups excluding tert-OH is 1. The number of Topliss-reactive ketones (excluding diaryl/α,β-unsaturated/α-hetero) is 1. The van der Waals surface area contributed by atoms with Gasteiger partial charge in [0, 0.05) is 22.7 Å². The molecule has 2 heterocycles. The number of ether oxygens (including phenoxy) is 1. The minimum absolute atomic E-state index is 0.0874. The van der Waals surface area contributed by atoms with Crippen molar-refractivity contribution in [3.63, 3.8) is 0 Å². The van der Waals surface area contributed by atoms with E-state index in [4.69, 9.17) is 4.74 Å². The van der Waals surface area contributed by atoms with Gasteiger partial charge in [0.1, 0.15) is 30.0 Å². The molecule has 1 unspecified atom stereocenters. The summed E-state index contributed by atoms with van der Waals surface area (Å²) in [5.41, 5.74) is 0.180. The number of amides is 1. The molecule has 0 radical (unpaired) electrons. The van der Waals surface area contributed by atoms with Crippen LogP contribution in [-0.4, -0.2) is 28.4 Å². The maximum Gasteiger partial charge on any atom is 0.301 e. The minimum Gasteiger partial charge on any atom is -0.507 e. The highest BCUT2D eigenvalue weighted by atomic mass is 32.1. The van der Waals surface area contributed by atoms with E-state index in [1.54, 1.807) is 41.8 Å². The van der Waals surface area contributed by atoms with Gasteiger partial charge in [0.05, 0.1) is 5.57 Å². The zero-order valence-corrected chi connectivity index (χ0v) is 17.0. The second-order valence-corrected chi connectivity index (χ2v) is 7.50. The van der Waals surface area contributed by atoms with E-state index in [1.165, 1.54) is 24.4 Å². The lowest BCUT2D eigenvalue weighted by Gasteiger charge is -2.23. The van der Waals surface area contributed by atoms with Crippen LogP contribution >= 0.6 is 11.3 Å². The Morgan fingerprint density at radius 1 is 1.23 bits per heavy atom. The van der Waals surface area contributed by atoms with Crippen molar-refractivity contribution < 1.29 is 23.8 Å². The smallest absolute Gasteiger partial charge is 0.301 e. The summed E-state index contributed by atoms with van der Waals surface area (Å²) in [6.07, 6.45) is 3.09. The number of carbonyl (C=O) groups excluding carboxylic acids is 2. The maximum absolute atomic E-state index is 14.7. The number of halogens is 1. The van der Waals surface area contributed by atoms with Gasteiger partial charge in [-0.1, -0.05) is 30.9 Å². The molecule has 1 atom stereocenters. The number of benzene rings is 2. The van der Waals surface area contributed by atoms with E-state index >= 15 is 0 Å². The van der Waals surface area contributed by atoms with Gasteiger partial charge in [0.2, 0.25) is 0 Å². The molecular formula is C23H17FN2O4S. The summed E-state index contributed by atoms with van der Waals surface area (Å²) in [5.74, 6) is -2.25. The molecule has 1 aliphatic rings. The van der Waals surface area contributed by atoms with E-state index < -0.39 is 29.3 Å². The molecule has 6 nitrogen and oxygen atoms in total. The summed E-state index contributed by atoms with van der Waals surface area (Å²) in [7, 11) is 0. The van der Waals surface area contributed by atoms with E-state index in [9.17, 15) is 19.1 Å². The highest BCUT2D eigenvalue weighted by molar-refractivity contribution is 7.14. The lowest BCUT2D eigenvalue weighted by atomic mass is 9.95. The standard InChI is InChI=1S/C23H17FN2O4S/c1-2-12-30-15-9-7-14(8-10-15)20(27)18-19(16-5-3-4-6-17(16)24)26(22(29)21(18)28)23-25-11-13-31-23/h2-11,13,19,27H,1,12H2/b20-18-. The molecular weight excluding hydrogens is 419 g/mol. The molecule has 4 rings (SSSR count). The van der Waals surface area contributed by atoms with Crippen molar-refractivity contribution in [3.8, 4) is 5.75 Å². The van der Waals surface area contributed by atoms with Gasteiger partial charge >= 0.3 is 5.91 Å². The van der Waals surface area contributed by atoms with Crippen molar-refractivity contribution in [1.82, 2.24) is 4.98 Å². The summed E-state index contributed by atoms with van der Waals surface area (Å²) in [5, 5.41) is 12.9. The van der Waals surface area contributed by atoms with Crippen LogP contribution in [0.15, 0.2) is 78.3 Å². The molecule has 1 aliphatic heterocycles. The SMILES string of the molecule is C=CCOc1ccc(/C(O)=C2/C(=O)C(=O)N(c3nccs3)C2c2ccccc2F)cc1. The summed E-state index contributed by atoms with van der Waals surface area (Å²) < 4.78 is 20.2. The van der Waals surface area contributed by atoms with Gasteiger partial charge in [-0.3, -0.25) is 14.5 Å². The van der Waals surface area contributed by atoms with Crippen molar-refractivity contribution >= 4 is 33.9 Å². The van der Waals surface area contributed by atoms with Gasteiger partial charge in [0.15, 0.2) is 5.13 Å². The van der Waals surface area contributed by atoms with Crippen LogP contribution in [0, 0.1) is 5.82 Å². The van der Waals surface area contributed by atoms with Crippen LogP contribution in [0.3, 0.4) is 0 Å². The number of ketones is 1. The number of aromatic nitrogens is 1. The van der Waals surface area contributed by atoms with Crippen LogP contribution in [-0.2, 0) is 9.59 Å². The first kappa shape index (κ1) is 20.5. The normalized spacial score (nSPS) is 17.7. The topological polar surface area (TPSA) is 79.7 Å². The number of thiazole rings is 1. The van der Waals surface area contributed by atoms with Gasteiger partial charge in [-0.2, -0.15) is 0 Å². The fourth-order valence-corrected chi connectivity index (χ4v) is 4.04. The molecule has 1 N–H and O–H groups in total. The highest BCUT2D eigenvalue weighted by Gasteiger charge is 2.48. The first-order valence-corrected chi connectivity index (χ1v) is 10.2. The third-order valence-electron chi connectivity index (χ3n) is 4.77. The van der Waals surface area contributed by atoms with Crippen LogP contribution in [0.4, 0.5) is 9.52 Å². The fourth-order valence-electron chi connectivity index (χ4n) is 3.38. The minimum atomic E-state index is -1.15. The van der Waals surface area contributed by atoms with E-state index in [0.717, 1.165) is 16.2 Å². The molecule has 1 fully saturated rings. The van der Waals surface area contributed by atoms with Crippen molar-refractivity contribution in [1.29, 1.82) is 0 Å². The lowest BCUT2D eigenvalue weighted by Crippen LogP contribution is -2.29. The first-order valence-electron chi connectivity index (χ1n) is 9.32. The average molecular weight is 436 g/mol. The lowest BCUT2D eigenvalue weighted by molar-refractivity contribution is -0.132. The number of anilines is 1. The number of hydrogen-bond donors (Lipinski definition) is 1. The van der Waals surface area contributed by atoms with Crippen molar-refractivity contribution in [2.45, 2.75) is 6.04 Å². The molecule has 1 amide bonds. The summed E-state index contributed by atoms with van der Waals surface area (Å²) in [6.45, 7) is 3.90. The number of aliphatic hydroxyl groups is 1. The monoisotopic (exact) mass is 436 g/mol. The molecule has 3 aromatic rings. The van der Waals surface area contributed by atoms with Crippen LogP contribution < -0.4 is 9.64 Å². The summed E-state index contributed by atoms with van der Waals surface area (Å²) in [4.78, 5) is 31.0. The first-order chi connectivity index (χ1) is 15.0. The quantitative estimate of drug-likeness (QED) is 0.267. The summed E-state index contributed by atoms with van der Waals surface area (Å²) in [6, 6.07) is 11.0. The van der Waals surface area contributed by atoms with Gasteiger partial charge < -0.3 is 9.84 Å². The fraction of sp³-hybridized carbons (Fsp3) is 0.0870. The zero-order chi connectivity index (χ0) is 22.0. The predicted octanol–water partition coefficient (Wildman–Crippen LogP) is 4.47. The van der Waals surface area contributed by atoms with Gasteiger partial charge in [-0.05, 0) is 30.3 Å². The molecule has 0 spiro atoms. The predicted molar refractivity (Wildman–Crippen MR) is 115 cm³/mol. The third kappa shape index (κ3) is 3.73. The number of hydrogen-bond acceptors (Lipinski definition) is 6. The van der Waals surface area contributed by atoms with Crippen LogP contribution in [0.1, 0.15) is 17.2 Å². The Morgan fingerprint density at radius 3 is 2.61 bits per heavy atom. The molecule has 1 saturated heterocycles. The Balaban J connectivity index is 1.85. The Hall–Kier alpha value is -3.78. The Bertz CT molecular complexity index is 1170. The van der Waals surface area contributed by atoms with Crippen molar-refractivity contribution in [2.75, 3.05) is 11.5 Å². The van der Waals surface area contributed by atoms with Crippen LogP contribution in [0.5, 0.6) is 5.75 Å². The molecule has 1 aromatic heterocycles. The van der Waals surface area contributed by atoms with Crippen molar-refractivity contribution in [3.05, 3.63) is 95.3 Å². The second-order valence-electron chi connectivity index (χ2n) is 6.63. The zero-order valence-electron chi connectivity index (χ0n) is 16.2. The van der Waals surface area contributed by atoms with Gasteiger partial charge in [0.25, 0.3) is 5.78 Å².